The third kappa shape index (κ3) is 3.66. The van der Waals surface area contributed by atoms with E-state index in [1.54, 1.807) is 0 Å². The van der Waals surface area contributed by atoms with Gasteiger partial charge in [0.1, 0.15) is 0 Å². The summed E-state index contributed by atoms with van der Waals surface area (Å²) < 4.78 is 0. The van der Waals surface area contributed by atoms with Crippen molar-refractivity contribution in [1.82, 2.24) is 5.32 Å². The summed E-state index contributed by atoms with van der Waals surface area (Å²) in [5.74, 6) is 0.465. The highest BCUT2D eigenvalue weighted by molar-refractivity contribution is 5.79. The van der Waals surface area contributed by atoms with Crippen molar-refractivity contribution in [2.45, 2.75) is 32.1 Å². The molecule has 1 aliphatic carbocycles. The minimum atomic E-state index is 0.194. The van der Waals surface area contributed by atoms with Crippen LogP contribution in [0.1, 0.15) is 32.1 Å². The van der Waals surface area contributed by atoms with Crippen molar-refractivity contribution in [3.8, 4) is 0 Å². The van der Waals surface area contributed by atoms with Gasteiger partial charge in [0.05, 0.1) is 0 Å². The van der Waals surface area contributed by atoms with Crippen molar-refractivity contribution in [3.63, 3.8) is 0 Å². The predicted octanol–water partition coefficient (Wildman–Crippen LogP) is 1.99. The summed E-state index contributed by atoms with van der Waals surface area (Å²) in [5, 5.41) is 6.31. The van der Waals surface area contributed by atoms with E-state index in [1.165, 1.54) is 6.42 Å². The molecule has 0 heterocycles. The van der Waals surface area contributed by atoms with Gasteiger partial charge < -0.3 is 5.32 Å². The van der Waals surface area contributed by atoms with Crippen LogP contribution in [0.5, 0.6) is 0 Å². The number of azide groups is 1. The smallest absolute Gasteiger partial charge is 0.223 e. The van der Waals surface area contributed by atoms with Gasteiger partial charge >= 0.3 is 0 Å². The van der Waals surface area contributed by atoms with E-state index < -0.39 is 0 Å². The Balaban J connectivity index is 1.92. The second kappa shape index (κ2) is 6.27. The first-order chi connectivity index (χ1) is 6.84. The SMILES string of the molecule is [N-]=[N+]=NCCCCNC(=O)C1CCC1. The van der Waals surface area contributed by atoms with Crippen LogP contribution in [0.15, 0.2) is 5.11 Å². The maximum Gasteiger partial charge on any atom is 0.223 e. The average molecular weight is 196 g/mol. The molecule has 78 valence electrons. The maximum atomic E-state index is 11.3. The molecular weight excluding hydrogens is 180 g/mol. The molecule has 1 fully saturated rings. The molecule has 14 heavy (non-hydrogen) atoms. The number of rotatable bonds is 6. The Kier molecular flexibility index (Phi) is 4.86. The average Bonchev–Trinajstić information content (AvgIpc) is 2.08. The van der Waals surface area contributed by atoms with Gasteiger partial charge in [0, 0.05) is 23.9 Å². The molecule has 0 bridgehead atoms. The number of nitrogens with zero attached hydrogens (tertiary/aromatic N) is 3. The Bertz CT molecular complexity index is 231. The molecule has 0 aromatic carbocycles. The number of nitrogens with one attached hydrogen (secondary N) is 1. The van der Waals surface area contributed by atoms with E-state index in [9.17, 15) is 4.79 Å². The first kappa shape index (κ1) is 10.9. The van der Waals surface area contributed by atoms with Crippen molar-refractivity contribution >= 4 is 5.91 Å². The highest BCUT2D eigenvalue weighted by Gasteiger charge is 2.24. The Morgan fingerprint density at radius 1 is 1.50 bits per heavy atom. The fourth-order valence-corrected chi connectivity index (χ4v) is 1.38. The number of hydrogen-bond donors (Lipinski definition) is 1. The normalized spacial score (nSPS) is 15.4. The molecule has 5 nitrogen and oxygen atoms in total. The van der Waals surface area contributed by atoms with E-state index in [4.69, 9.17) is 5.53 Å². The zero-order valence-corrected chi connectivity index (χ0v) is 8.28. The van der Waals surface area contributed by atoms with Crippen LogP contribution < -0.4 is 5.32 Å². The van der Waals surface area contributed by atoms with Crippen LogP contribution in [0.4, 0.5) is 0 Å². The van der Waals surface area contributed by atoms with Crippen LogP contribution in [0.2, 0.25) is 0 Å². The Hall–Kier alpha value is -1.22. The zero-order chi connectivity index (χ0) is 10.2. The fraction of sp³-hybridized carbons (Fsp3) is 0.889. The Morgan fingerprint density at radius 3 is 2.86 bits per heavy atom. The molecule has 1 amide bonds. The van der Waals surface area contributed by atoms with Gasteiger partial charge in [-0.25, -0.2) is 0 Å². The molecule has 0 radical (unpaired) electrons. The Morgan fingerprint density at radius 2 is 2.29 bits per heavy atom. The van der Waals surface area contributed by atoms with Crippen LogP contribution >= 0.6 is 0 Å². The third-order valence-electron chi connectivity index (χ3n) is 2.52. The molecule has 0 aromatic rings. The molecule has 0 unspecified atom stereocenters. The van der Waals surface area contributed by atoms with E-state index in [0.717, 1.165) is 25.7 Å². The van der Waals surface area contributed by atoms with Crippen molar-refractivity contribution in [2.24, 2.45) is 11.0 Å². The molecule has 0 spiro atoms. The second-order valence-electron chi connectivity index (χ2n) is 3.58. The van der Waals surface area contributed by atoms with E-state index in [1.807, 2.05) is 0 Å². The standard InChI is InChI=1S/C9H16N4O/c10-13-12-7-2-1-6-11-9(14)8-4-3-5-8/h8H,1-7H2,(H,11,14). The van der Waals surface area contributed by atoms with Gasteiger partial charge in [0.2, 0.25) is 5.91 Å². The number of unbranched alkanes of at least 4 members (excludes halogenated alkanes) is 1. The van der Waals surface area contributed by atoms with Crippen molar-refractivity contribution < 1.29 is 4.79 Å². The summed E-state index contributed by atoms with van der Waals surface area (Å²) in [7, 11) is 0. The predicted molar refractivity (Wildman–Crippen MR) is 53.6 cm³/mol. The van der Waals surface area contributed by atoms with Gasteiger partial charge in [-0.2, -0.15) is 0 Å². The molecule has 0 aliphatic heterocycles. The molecule has 5 heteroatoms. The van der Waals surface area contributed by atoms with Crippen LogP contribution in [0, 0.1) is 5.92 Å². The lowest BCUT2D eigenvalue weighted by Crippen LogP contribution is -2.34. The lowest BCUT2D eigenvalue weighted by Gasteiger charge is -2.23. The highest BCUT2D eigenvalue weighted by Crippen LogP contribution is 2.25. The summed E-state index contributed by atoms with van der Waals surface area (Å²) >= 11 is 0. The maximum absolute atomic E-state index is 11.3. The number of carbonyl (C=O) groups excluding carboxylic acids is 1. The molecule has 0 saturated heterocycles. The minimum Gasteiger partial charge on any atom is -0.356 e. The Labute approximate surface area is 83.5 Å². The van der Waals surface area contributed by atoms with Crippen LogP contribution in [0.3, 0.4) is 0 Å². The monoisotopic (exact) mass is 196 g/mol. The fourth-order valence-electron chi connectivity index (χ4n) is 1.38. The molecule has 0 aromatic heterocycles. The van der Waals surface area contributed by atoms with E-state index in [-0.39, 0.29) is 11.8 Å². The largest absolute Gasteiger partial charge is 0.356 e. The van der Waals surface area contributed by atoms with Gasteiger partial charge in [0.25, 0.3) is 0 Å². The minimum absolute atomic E-state index is 0.194. The van der Waals surface area contributed by atoms with Crippen molar-refractivity contribution in [2.75, 3.05) is 13.1 Å². The summed E-state index contributed by atoms with van der Waals surface area (Å²) in [6, 6.07) is 0. The van der Waals surface area contributed by atoms with Crippen LogP contribution in [-0.4, -0.2) is 19.0 Å². The summed E-state index contributed by atoms with van der Waals surface area (Å²) in [4.78, 5) is 14.0. The molecule has 1 rings (SSSR count). The summed E-state index contributed by atoms with van der Waals surface area (Å²) in [6.45, 7) is 1.23. The van der Waals surface area contributed by atoms with Crippen LogP contribution in [0.25, 0.3) is 10.4 Å². The third-order valence-corrected chi connectivity index (χ3v) is 2.52. The second-order valence-corrected chi connectivity index (χ2v) is 3.58. The lowest BCUT2D eigenvalue weighted by molar-refractivity contribution is -0.127. The molecule has 1 aliphatic rings. The van der Waals surface area contributed by atoms with Crippen LogP contribution in [-0.2, 0) is 4.79 Å². The van der Waals surface area contributed by atoms with E-state index in [0.29, 0.717) is 13.1 Å². The van der Waals surface area contributed by atoms with Crippen molar-refractivity contribution in [3.05, 3.63) is 10.4 Å². The topological polar surface area (TPSA) is 77.9 Å². The summed E-state index contributed by atoms with van der Waals surface area (Å²) in [5.41, 5.74) is 8.01. The molecule has 0 atom stereocenters. The first-order valence-electron chi connectivity index (χ1n) is 5.13. The van der Waals surface area contributed by atoms with E-state index in [2.05, 4.69) is 15.3 Å². The molecule has 1 saturated carbocycles. The van der Waals surface area contributed by atoms with Gasteiger partial charge in [0.15, 0.2) is 0 Å². The highest BCUT2D eigenvalue weighted by atomic mass is 16.1. The van der Waals surface area contributed by atoms with E-state index >= 15 is 0 Å². The quantitative estimate of drug-likeness (QED) is 0.300. The number of hydrogen-bond acceptors (Lipinski definition) is 2. The van der Waals surface area contributed by atoms with Gasteiger partial charge in [-0.15, -0.1) is 0 Å². The lowest BCUT2D eigenvalue weighted by atomic mass is 9.85. The van der Waals surface area contributed by atoms with Gasteiger partial charge in [-0.1, -0.05) is 11.5 Å². The molecule has 1 N–H and O–H groups in total. The van der Waals surface area contributed by atoms with Gasteiger partial charge in [-0.05, 0) is 31.2 Å². The first-order valence-corrected chi connectivity index (χ1v) is 5.13. The van der Waals surface area contributed by atoms with Crippen molar-refractivity contribution in [1.29, 1.82) is 0 Å². The number of amides is 1. The number of carbonyl (C=O) groups is 1. The summed E-state index contributed by atoms with van der Waals surface area (Å²) in [6.07, 6.45) is 5.01. The molecular formula is C9H16N4O. The zero-order valence-electron chi connectivity index (χ0n) is 8.28. The van der Waals surface area contributed by atoms with Gasteiger partial charge in [-0.3, -0.25) is 4.79 Å².